The Morgan fingerprint density at radius 3 is 3.10 bits per heavy atom. The van der Waals surface area contributed by atoms with E-state index in [1.807, 2.05) is 30.3 Å². The summed E-state index contributed by atoms with van der Waals surface area (Å²) in [6, 6.07) is 9.84. The molecule has 1 aromatic carbocycles. The van der Waals surface area contributed by atoms with Gasteiger partial charge in [-0.1, -0.05) is 6.07 Å². The molecule has 3 rings (SSSR count). The van der Waals surface area contributed by atoms with Crippen molar-refractivity contribution in [3.63, 3.8) is 0 Å². The Bertz CT molecular complexity index is 641. The van der Waals surface area contributed by atoms with Crippen molar-refractivity contribution in [2.75, 3.05) is 20.1 Å². The molecule has 4 heteroatoms. The van der Waals surface area contributed by atoms with Crippen molar-refractivity contribution in [1.29, 1.82) is 0 Å². The van der Waals surface area contributed by atoms with Crippen LogP contribution in [-0.2, 0) is 0 Å². The van der Waals surface area contributed by atoms with Gasteiger partial charge in [0.2, 0.25) is 0 Å². The Labute approximate surface area is 125 Å². The highest BCUT2D eigenvalue weighted by atomic mass is 16.1. The van der Waals surface area contributed by atoms with Gasteiger partial charge in [-0.05, 0) is 63.7 Å². The molecule has 1 N–H and O–H groups in total. The van der Waals surface area contributed by atoms with Crippen LogP contribution < -0.4 is 5.32 Å². The van der Waals surface area contributed by atoms with Crippen molar-refractivity contribution in [2.24, 2.45) is 0 Å². The van der Waals surface area contributed by atoms with Crippen LogP contribution in [0.3, 0.4) is 0 Å². The third-order valence-electron chi connectivity index (χ3n) is 4.15. The number of rotatable bonds is 2. The van der Waals surface area contributed by atoms with Crippen molar-refractivity contribution in [3.05, 3.63) is 42.1 Å². The van der Waals surface area contributed by atoms with Gasteiger partial charge >= 0.3 is 0 Å². The molecule has 4 nitrogen and oxygen atoms in total. The van der Waals surface area contributed by atoms with Crippen LogP contribution in [0.15, 0.2) is 36.5 Å². The second kappa shape index (κ2) is 6.22. The highest BCUT2D eigenvalue weighted by Gasteiger charge is 2.17. The lowest BCUT2D eigenvalue weighted by molar-refractivity contribution is 0.0933. The number of amides is 1. The van der Waals surface area contributed by atoms with E-state index in [2.05, 4.69) is 22.2 Å². The number of benzene rings is 1. The number of likely N-dealkylation sites (tertiary alicyclic amines) is 1. The number of nitrogens with zero attached hydrogens (tertiary/aromatic N) is 2. The molecule has 0 saturated carbocycles. The fourth-order valence-corrected chi connectivity index (χ4v) is 2.87. The number of hydrogen-bond donors (Lipinski definition) is 1. The van der Waals surface area contributed by atoms with Crippen LogP contribution >= 0.6 is 0 Å². The van der Waals surface area contributed by atoms with Crippen LogP contribution in [0.1, 0.15) is 29.6 Å². The standard InChI is InChI=1S/C17H21N3O/c1-20-10-3-5-15(8-11-20)19-17(21)14-6-7-16-13(12-14)4-2-9-18-16/h2,4,6-7,9,12,15H,3,5,8,10-11H2,1H3,(H,19,21). The molecule has 2 heterocycles. The van der Waals surface area contributed by atoms with Crippen LogP contribution in [0.4, 0.5) is 0 Å². The van der Waals surface area contributed by atoms with Crippen molar-refractivity contribution >= 4 is 16.8 Å². The Balaban J connectivity index is 1.71. The van der Waals surface area contributed by atoms with Crippen LogP contribution in [0, 0.1) is 0 Å². The number of pyridine rings is 1. The molecule has 0 bridgehead atoms. The SMILES string of the molecule is CN1CCCC(NC(=O)c2ccc3ncccc3c2)CC1. The predicted octanol–water partition coefficient (Wildman–Crippen LogP) is 2.45. The lowest BCUT2D eigenvalue weighted by Crippen LogP contribution is -2.35. The average Bonchev–Trinajstić information content (AvgIpc) is 2.71. The minimum atomic E-state index is 0.0234. The number of aromatic nitrogens is 1. The van der Waals surface area contributed by atoms with Gasteiger partial charge in [-0.25, -0.2) is 0 Å². The molecule has 1 aliphatic heterocycles. The molecule has 1 aliphatic rings. The summed E-state index contributed by atoms with van der Waals surface area (Å²) in [4.78, 5) is 19.0. The highest BCUT2D eigenvalue weighted by molar-refractivity contribution is 5.98. The molecule has 1 saturated heterocycles. The number of carbonyl (C=O) groups is 1. The number of fused-ring (bicyclic) bond motifs is 1. The smallest absolute Gasteiger partial charge is 0.251 e. The van der Waals surface area contributed by atoms with Gasteiger partial charge in [0.25, 0.3) is 5.91 Å². The zero-order chi connectivity index (χ0) is 14.7. The van der Waals surface area contributed by atoms with E-state index in [1.54, 1.807) is 6.20 Å². The summed E-state index contributed by atoms with van der Waals surface area (Å²) in [7, 11) is 2.14. The zero-order valence-corrected chi connectivity index (χ0v) is 12.4. The summed E-state index contributed by atoms with van der Waals surface area (Å²) in [5.41, 5.74) is 1.64. The topological polar surface area (TPSA) is 45.2 Å². The molecule has 110 valence electrons. The van der Waals surface area contributed by atoms with Gasteiger partial charge in [-0.2, -0.15) is 0 Å². The lowest BCUT2D eigenvalue weighted by Gasteiger charge is -2.17. The minimum Gasteiger partial charge on any atom is -0.349 e. The molecule has 0 aliphatic carbocycles. The van der Waals surface area contributed by atoms with E-state index in [4.69, 9.17) is 0 Å². The van der Waals surface area contributed by atoms with Crippen LogP contribution in [0.2, 0.25) is 0 Å². The monoisotopic (exact) mass is 283 g/mol. The Morgan fingerprint density at radius 2 is 2.19 bits per heavy atom. The maximum atomic E-state index is 12.4. The Morgan fingerprint density at radius 1 is 1.29 bits per heavy atom. The molecule has 21 heavy (non-hydrogen) atoms. The third-order valence-corrected chi connectivity index (χ3v) is 4.15. The van der Waals surface area contributed by atoms with Gasteiger partial charge in [0.1, 0.15) is 0 Å². The second-order valence-electron chi connectivity index (χ2n) is 5.82. The van der Waals surface area contributed by atoms with Crippen molar-refractivity contribution in [3.8, 4) is 0 Å². The fourth-order valence-electron chi connectivity index (χ4n) is 2.87. The van der Waals surface area contributed by atoms with E-state index >= 15 is 0 Å². The first kappa shape index (κ1) is 14.0. The van der Waals surface area contributed by atoms with E-state index in [0.717, 1.165) is 43.3 Å². The zero-order valence-electron chi connectivity index (χ0n) is 12.4. The summed E-state index contributed by atoms with van der Waals surface area (Å²) < 4.78 is 0. The molecule has 1 fully saturated rings. The van der Waals surface area contributed by atoms with Gasteiger partial charge in [0.05, 0.1) is 5.52 Å². The van der Waals surface area contributed by atoms with Gasteiger partial charge in [0.15, 0.2) is 0 Å². The summed E-state index contributed by atoms with van der Waals surface area (Å²) >= 11 is 0. The molecule has 0 spiro atoms. The van der Waals surface area contributed by atoms with Crippen molar-refractivity contribution in [2.45, 2.75) is 25.3 Å². The molecule has 1 atom stereocenters. The third kappa shape index (κ3) is 3.39. The number of carbonyl (C=O) groups excluding carboxylic acids is 1. The van der Waals surface area contributed by atoms with Crippen LogP contribution in [-0.4, -0.2) is 42.0 Å². The van der Waals surface area contributed by atoms with Crippen LogP contribution in [0.25, 0.3) is 10.9 Å². The summed E-state index contributed by atoms with van der Waals surface area (Å²) in [5, 5.41) is 4.18. The van der Waals surface area contributed by atoms with Gasteiger partial charge in [-0.15, -0.1) is 0 Å². The predicted molar refractivity (Wildman–Crippen MR) is 84.3 cm³/mol. The van der Waals surface area contributed by atoms with E-state index in [9.17, 15) is 4.79 Å². The maximum Gasteiger partial charge on any atom is 0.251 e. The first-order chi connectivity index (χ1) is 10.2. The van der Waals surface area contributed by atoms with Crippen molar-refractivity contribution < 1.29 is 4.79 Å². The van der Waals surface area contributed by atoms with Crippen LogP contribution in [0.5, 0.6) is 0 Å². The number of hydrogen-bond acceptors (Lipinski definition) is 3. The number of nitrogens with one attached hydrogen (secondary N) is 1. The quantitative estimate of drug-likeness (QED) is 0.921. The lowest BCUT2D eigenvalue weighted by atomic mass is 10.1. The molecule has 1 amide bonds. The van der Waals surface area contributed by atoms with E-state index in [-0.39, 0.29) is 11.9 Å². The van der Waals surface area contributed by atoms with Gasteiger partial charge in [0, 0.05) is 23.2 Å². The second-order valence-corrected chi connectivity index (χ2v) is 5.82. The van der Waals surface area contributed by atoms with Gasteiger partial charge < -0.3 is 10.2 Å². The Kier molecular flexibility index (Phi) is 4.15. The normalized spacial score (nSPS) is 20.1. The summed E-state index contributed by atoms with van der Waals surface area (Å²) in [6.07, 6.45) is 5.00. The van der Waals surface area contributed by atoms with Crippen molar-refractivity contribution in [1.82, 2.24) is 15.2 Å². The molecule has 0 radical (unpaired) electrons. The summed E-state index contributed by atoms with van der Waals surface area (Å²) in [6.45, 7) is 2.17. The average molecular weight is 283 g/mol. The minimum absolute atomic E-state index is 0.0234. The largest absolute Gasteiger partial charge is 0.349 e. The summed E-state index contributed by atoms with van der Waals surface area (Å²) in [5.74, 6) is 0.0234. The molecular weight excluding hydrogens is 262 g/mol. The molecule has 1 unspecified atom stereocenters. The molecule has 2 aromatic rings. The fraction of sp³-hybridized carbons (Fsp3) is 0.412. The van der Waals surface area contributed by atoms with E-state index in [0.29, 0.717) is 5.56 Å². The van der Waals surface area contributed by atoms with E-state index in [1.165, 1.54) is 0 Å². The molecular formula is C17H21N3O. The highest BCUT2D eigenvalue weighted by Crippen LogP contribution is 2.15. The Hall–Kier alpha value is -1.94. The first-order valence-corrected chi connectivity index (χ1v) is 7.56. The first-order valence-electron chi connectivity index (χ1n) is 7.56. The van der Waals surface area contributed by atoms with Gasteiger partial charge in [-0.3, -0.25) is 9.78 Å². The van der Waals surface area contributed by atoms with E-state index < -0.39 is 0 Å². The molecule has 1 aromatic heterocycles. The maximum absolute atomic E-state index is 12.4.